The highest BCUT2D eigenvalue weighted by atomic mass is 32.2. The van der Waals surface area contributed by atoms with Crippen LogP contribution >= 0.6 is 0 Å². The van der Waals surface area contributed by atoms with E-state index < -0.39 is 26.6 Å². The van der Waals surface area contributed by atoms with Crippen LogP contribution in [0.3, 0.4) is 0 Å². The van der Waals surface area contributed by atoms with E-state index in [1.54, 1.807) is 37.4 Å². The number of hydrogen-bond acceptors (Lipinski definition) is 7. The molecule has 0 saturated heterocycles. The Labute approximate surface area is 182 Å². The van der Waals surface area contributed by atoms with Gasteiger partial charge in [-0.1, -0.05) is 6.07 Å². The highest BCUT2D eigenvalue weighted by Gasteiger charge is 2.41. The maximum atomic E-state index is 13.4. The lowest BCUT2D eigenvalue weighted by Crippen LogP contribution is -2.55. The first-order valence-corrected chi connectivity index (χ1v) is 10.7. The molecule has 1 aromatic heterocycles. The minimum atomic E-state index is -4.15. The van der Waals surface area contributed by atoms with Gasteiger partial charge < -0.3 is 9.47 Å². The molecule has 0 aliphatic rings. The third-order valence-electron chi connectivity index (χ3n) is 4.25. The minimum absolute atomic E-state index is 0.00592. The van der Waals surface area contributed by atoms with Crippen molar-refractivity contribution in [1.29, 1.82) is 5.41 Å². The van der Waals surface area contributed by atoms with Gasteiger partial charge in [0.05, 0.1) is 24.5 Å². The van der Waals surface area contributed by atoms with Crippen molar-refractivity contribution in [3.63, 3.8) is 0 Å². The Hall–Kier alpha value is -3.34. The Morgan fingerprint density at radius 2 is 1.68 bits per heavy atom. The lowest BCUT2D eigenvalue weighted by Gasteiger charge is -2.33. The Morgan fingerprint density at radius 1 is 1.10 bits per heavy atom. The highest BCUT2D eigenvalue weighted by Crippen LogP contribution is 2.41. The molecule has 31 heavy (non-hydrogen) atoms. The maximum absolute atomic E-state index is 13.4. The van der Waals surface area contributed by atoms with Crippen LogP contribution in [0.4, 0.5) is 5.69 Å². The number of nitrogens with one attached hydrogen (secondary N) is 3. The van der Waals surface area contributed by atoms with E-state index in [-0.39, 0.29) is 22.7 Å². The predicted octanol–water partition coefficient (Wildman–Crippen LogP) is 2.21. The first-order valence-electron chi connectivity index (χ1n) is 9.26. The van der Waals surface area contributed by atoms with Gasteiger partial charge in [0.25, 0.3) is 5.91 Å². The number of pyridine rings is 1. The minimum Gasteiger partial charge on any atom is -0.494 e. The molecule has 0 aliphatic carbocycles. The van der Waals surface area contributed by atoms with Crippen LogP contribution < -0.4 is 24.6 Å². The quantitative estimate of drug-likeness (QED) is 0.362. The van der Waals surface area contributed by atoms with Crippen LogP contribution in [0, 0.1) is 12.3 Å². The number of sulfonamides is 1. The fraction of sp³-hybridized carbons (Fsp3) is 0.350. The van der Waals surface area contributed by atoms with Crippen LogP contribution in [-0.2, 0) is 10.0 Å². The summed E-state index contributed by atoms with van der Waals surface area (Å²) >= 11 is 0. The summed E-state index contributed by atoms with van der Waals surface area (Å²) in [7, 11) is -1.40. The van der Waals surface area contributed by atoms with E-state index in [9.17, 15) is 13.2 Å². The molecule has 3 N–H and O–H groups in total. The molecule has 11 heteroatoms. The van der Waals surface area contributed by atoms with Crippen molar-refractivity contribution in [3.8, 4) is 11.5 Å². The molecule has 0 fully saturated rings. The summed E-state index contributed by atoms with van der Waals surface area (Å²) < 4.78 is 36.9. The molecular formula is C20H27N5O5S. The van der Waals surface area contributed by atoms with Crippen molar-refractivity contribution in [1.82, 2.24) is 15.8 Å². The van der Waals surface area contributed by atoms with Crippen molar-refractivity contribution >= 4 is 27.6 Å². The zero-order chi connectivity index (χ0) is 23.4. The maximum Gasteiger partial charge on any atom is 0.271 e. The van der Waals surface area contributed by atoms with E-state index in [2.05, 4.69) is 15.8 Å². The molecule has 0 saturated carbocycles. The van der Waals surface area contributed by atoms with Crippen LogP contribution in [-0.4, -0.2) is 44.2 Å². The number of aryl methyl sites for hydroxylation is 1. The fourth-order valence-electron chi connectivity index (χ4n) is 2.58. The third-order valence-corrected chi connectivity index (χ3v) is 6.65. The third kappa shape index (κ3) is 5.05. The predicted molar refractivity (Wildman–Crippen MR) is 118 cm³/mol. The zero-order valence-corrected chi connectivity index (χ0v) is 19.1. The van der Waals surface area contributed by atoms with Crippen molar-refractivity contribution in [3.05, 3.63) is 47.8 Å². The van der Waals surface area contributed by atoms with Gasteiger partial charge in [-0.3, -0.25) is 26.0 Å². The summed E-state index contributed by atoms with van der Waals surface area (Å²) in [4.78, 5) is 16.4. The van der Waals surface area contributed by atoms with Gasteiger partial charge in [-0.2, -0.15) is 4.31 Å². The zero-order valence-electron chi connectivity index (χ0n) is 18.3. The SMILES string of the molecule is COc1cccc(OC)c1N(C(=N)NNC(=O)c1cncc(C)c1)S(=O)(=O)C(C)(C)C. The number of guanidine groups is 1. The molecule has 168 valence electrons. The first-order chi connectivity index (χ1) is 14.4. The fourth-order valence-corrected chi connectivity index (χ4v) is 3.83. The molecule has 0 spiro atoms. The van der Waals surface area contributed by atoms with Crippen molar-refractivity contribution < 1.29 is 22.7 Å². The van der Waals surface area contributed by atoms with E-state index in [0.717, 1.165) is 9.87 Å². The smallest absolute Gasteiger partial charge is 0.271 e. The average molecular weight is 450 g/mol. The number of hydrogen-bond donors (Lipinski definition) is 3. The first kappa shape index (κ1) is 23.9. The molecule has 0 bridgehead atoms. The largest absolute Gasteiger partial charge is 0.494 e. The molecule has 0 radical (unpaired) electrons. The van der Waals surface area contributed by atoms with E-state index in [0.29, 0.717) is 0 Å². The molecule has 1 amide bonds. The van der Waals surface area contributed by atoms with Gasteiger partial charge in [0.1, 0.15) is 17.2 Å². The van der Waals surface area contributed by atoms with Gasteiger partial charge in [0, 0.05) is 12.4 Å². The molecule has 0 atom stereocenters. The van der Waals surface area contributed by atoms with Crippen LogP contribution in [0.1, 0.15) is 36.7 Å². The molecule has 1 aromatic carbocycles. The molecule has 2 aromatic rings. The lowest BCUT2D eigenvalue weighted by atomic mass is 10.2. The summed E-state index contributed by atoms with van der Waals surface area (Å²) in [5.74, 6) is -0.853. The van der Waals surface area contributed by atoms with Gasteiger partial charge in [-0.15, -0.1) is 0 Å². The number of methoxy groups -OCH3 is 2. The molecular weight excluding hydrogens is 422 g/mol. The standard InChI is InChI=1S/C20H27N5O5S/c1-13-10-14(12-22-11-13)18(26)23-24-19(21)25(31(27,28)20(2,3)4)17-15(29-5)8-7-9-16(17)30-6/h7-12H,1-6H3,(H2,21,24)(H,23,26). The van der Waals surface area contributed by atoms with E-state index >= 15 is 0 Å². The summed E-state index contributed by atoms with van der Waals surface area (Å²) in [6, 6.07) is 6.34. The lowest BCUT2D eigenvalue weighted by molar-refractivity contribution is 0.0943. The summed E-state index contributed by atoms with van der Waals surface area (Å²) in [6.07, 6.45) is 2.96. The molecule has 1 heterocycles. The number of nitrogens with zero attached hydrogens (tertiary/aromatic N) is 2. The highest BCUT2D eigenvalue weighted by molar-refractivity contribution is 7.94. The van der Waals surface area contributed by atoms with Crippen LogP contribution in [0.5, 0.6) is 11.5 Å². The summed E-state index contributed by atoms with van der Waals surface area (Å²) in [6.45, 7) is 6.29. The molecule has 0 unspecified atom stereocenters. The van der Waals surface area contributed by atoms with Crippen LogP contribution in [0.15, 0.2) is 36.7 Å². The van der Waals surface area contributed by atoms with Crippen molar-refractivity contribution in [2.75, 3.05) is 18.5 Å². The second-order valence-corrected chi connectivity index (χ2v) is 10.1. The van der Waals surface area contributed by atoms with E-state index in [4.69, 9.17) is 14.9 Å². The number of hydrazine groups is 1. The second kappa shape index (κ2) is 9.21. The summed E-state index contributed by atoms with van der Waals surface area (Å²) in [5, 5.41) is 8.45. The van der Waals surface area contributed by atoms with Crippen LogP contribution in [0.25, 0.3) is 0 Å². The van der Waals surface area contributed by atoms with Gasteiger partial charge in [-0.05, 0) is 51.5 Å². The van der Waals surface area contributed by atoms with Gasteiger partial charge >= 0.3 is 0 Å². The molecule has 2 rings (SSSR count). The van der Waals surface area contributed by atoms with Crippen molar-refractivity contribution in [2.24, 2.45) is 0 Å². The number of ether oxygens (including phenoxy) is 2. The Morgan fingerprint density at radius 3 is 2.16 bits per heavy atom. The average Bonchev–Trinajstić information content (AvgIpc) is 2.71. The number of aromatic nitrogens is 1. The Kier molecular flexibility index (Phi) is 7.11. The molecule has 0 aliphatic heterocycles. The van der Waals surface area contributed by atoms with Crippen LogP contribution in [0.2, 0.25) is 0 Å². The Bertz CT molecular complexity index is 1060. The number of carbonyl (C=O) groups is 1. The van der Waals surface area contributed by atoms with Gasteiger partial charge in [0.15, 0.2) is 0 Å². The number of carbonyl (C=O) groups excluding carboxylic acids is 1. The number of rotatable bonds is 5. The number of benzene rings is 1. The van der Waals surface area contributed by atoms with Gasteiger partial charge in [-0.25, -0.2) is 8.42 Å². The normalized spacial score (nSPS) is 11.4. The van der Waals surface area contributed by atoms with Gasteiger partial charge in [0.2, 0.25) is 16.0 Å². The topological polar surface area (TPSA) is 134 Å². The number of amides is 1. The second-order valence-electron chi connectivity index (χ2n) is 7.57. The summed E-state index contributed by atoms with van der Waals surface area (Å²) in [5.41, 5.74) is 5.74. The molecule has 10 nitrogen and oxygen atoms in total. The Balaban J connectivity index is 2.48. The monoisotopic (exact) mass is 449 g/mol. The van der Waals surface area contributed by atoms with E-state index in [1.165, 1.54) is 41.2 Å². The number of anilines is 1. The van der Waals surface area contributed by atoms with Crippen molar-refractivity contribution in [2.45, 2.75) is 32.4 Å². The van der Waals surface area contributed by atoms with E-state index in [1.807, 2.05) is 0 Å². The number of para-hydroxylation sites is 1.